The van der Waals surface area contributed by atoms with Gasteiger partial charge in [-0.25, -0.2) is 0 Å². The fourth-order valence-electron chi connectivity index (χ4n) is 1.58. The van der Waals surface area contributed by atoms with Gasteiger partial charge in [0.15, 0.2) is 0 Å². The summed E-state index contributed by atoms with van der Waals surface area (Å²) in [6.07, 6.45) is 0. The Balaban J connectivity index is 3.14. The quantitative estimate of drug-likeness (QED) is 0.732. The van der Waals surface area contributed by atoms with Crippen molar-refractivity contribution < 1.29 is 4.74 Å². The first-order chi connectivity index (χ1) is 6.60. The SMILES string of the molecule is CCN(C)c1cc(C)c(OC)cc1C. The molecule has 1 aromatic carbocycles. The van der Waals surface area contributed by atoms with E-state index in [2.05, 4.69) is 44.9 Å². The van der Waals surface area contributed by atoms with E-state index in [-0.39, 0.29) is 0 Å². The lowest BCUT2D eigenvalue weighted by Gasteiger charge is -2.21. The van der Waals surface area contributed by atoms with Crippen molar-refractivity contribution in [1.29, 1.82) is 0 Å². The summed E-state index contributed by atoms with van der Waals surface area (Å²) in [7, 11) is 3.82. The lowest BCUT2D eigenvalue weighted by atomic mass is 10.1. The number of nitrogens with zero attached hydrogens (tertiary/aromatic N) is 1. The van der Waals surface area contributed by atoms with Crippen LogP contribution in [0.1, 0.15) is 18.1 Å². The molecule has 0 heterocycles. The number of hydrogen-bond acceptors (Lipinski definition) is 2. The van der Waals surface area contributed by atoms with Crippen LogP contribution >= 0.6 is 0 Å². The van der Waals surface area contributed by atoms with Crippen LogP contribution in [0.5, 0.6) is 5.75 Å². The van der Waals surface area contributed by atoms with Crippen molar-refractivity contribution in [2.24, 2.45) is 0 Å². The normalized spacial score (nSPS) is 10.1. The second-order valence-electron chi connectivity index (χ2n) is 3.62. The molecule has 2 nitrogen and oxygen atoms in total. The van der Waals surface area contributed by atoms with Gasteiger partial charge in [-0.2, -0.15) is 0 Å². The Hall–Kier alpha value is -1.18. The molecule has 0 atom stereocenters. The van der Waals surface area contributed by atoms with Crippen LogP contribution in [0.25, 0.3) is 0 Å². The molecule has 0 saturated heterocycles. The first-order valence-electron chi connectivity index (χ1n) is 4.96. The van der Waals surface area contributed by atoms with Crippen molar-refractivity contribution in [2.75, 3.05) is 25.6 Å². The van der Waals surface area contributed by atoms with Crippen molar-refractivity contribution in [3.05, 3.63) is 23.3 Å². The number of anilines is 1. The molecule has 0 spiro atoms. The molecule has 0 unspecified atom stereocenters. The molecule has 1 rings (SSSR count). The molecule has 78 valence electrons. The van der Waals surface area contributed by atoms with Gasteiger partial charge in [-0.15, -0.1) is 0 Å². The van der Waals surface area contributed by atoms with Gasteiger partial charge in [0.25, 0.3) is 0 Å². The maximum atomic E-state index is 5.28. The van der Waals surface area contributed by atoms with Gasteiger partial charge in [0.1, 0.15) is 5.75 Å². The second kappa shape index (κ2) is 4.36. The number of benzene rings is 1. The van der Waals surface area contributed by atoms with E-state index in [1.54, 1.807) is 7.11 Å². The fourth-order valence-corrected chi connectivity index (χ4v) is 1.58. The molecule has 0 N–H and O–H groups in total. The van der Waals surface area contributed by atoms with E-state index in [1.165, 1.54) is 16.8 Å². The van der Waals surface area contributed by atoms with Crippen molar-refractivity contribution in [3.8, 4) is 5.75 Å². The highest BCUT2D eigenvalue weighted by Crippen LogP contribution is 2.27. The molecule has 0 saturated carbocycles. The zero-order valence-corrected chi connectivity index (χ0v) is 9.72. The van der Waals surface area contributed by atoms with Crippen LogP contribution in [0.2, 0.25) is 0 Å². The summed E-state index contributed by atoms with van der Waals surface area (Å²) in [5.74, 6) is 0.968. The molecule has 14 heavy (non-hydrogen) atoms. The molecule has 0 aromatic heterocycles. The van der Waals surface area contributed by atoms with Gasteiger partial charge in [0, 0.05) is 19.3 Å². The van der Waals surface area contributed by atoms with E-state index in [0.29, 0.717) is 0 Å². The van der Waals surface area contributed by atoms with Crippen molar-refractivity contribution in [1.82, 2.24) is 0 Å². The Morgan fingerprint density at radius 1 is 1.21 bits per heavy atom. The highest BCUT2D eigenvalue weighted by Gasteiger charge is 2.06. The third-order valence-electron chi connectivity index (χ3n) is 2.60. The Morgan fingerprint density at radius 2 is 1.86 bits per heavy atom. The van der Waals surface area contributed by atoms with E-state index in [9.17, 15) is 0 Å². The molecule has 0 aliphatic heterocycles. The molecule has 0 aliphatic carbocycles. The van der Waals surface area contributed by atoms with Crippen molar-refractivity contribution >= 4 is 5.69 Å². The number of aryl methyl sites for hydroxylation is 2. The lowest BCUT2D eigenvalue weighted by molar-refractivity contribution is 0.411. The topological polar surface area (TPSA) is 12.5 Å². The van der Waals surface area contributed by atoms with Crippen LogP contribution < -0.4 is 9.64 Å². The summed E-state index contributed by atoms with van der Waals surface area (Å²) in [5.41, 5.74) is 3.73. The Bertz CT molecular complexity index is 320. The molecule has 0 bridgehead atoms. The molecule has 2 heteroatoms. The molecule has 1 aromatic rings. The second-order valence-corrected chi connectivity index (χ2v) is 3.62. The van der Waals surface area contributed by atoms with E-state index in [4.69, 9.17) is 4.74 Å². The summed E-state index contributed by atoms with van der Waals surface area (Å²) in [5, 5.41) is 0. The zero-order chi connectivity index (χ0) is 10.7. The standard InChI is InChI=1S/C12H19NO/c1-6-13(4)11-7-10(3)12(14-5)8-9(11)2/h7-8H,6H2,1-5H3. The van der Waals surface area contributed by atoms with E-state index >= 15 is 0 Å². The van der Waals surface area contributed by atoms with Crippen LogP contribution in [0.3, 0.4) is 0 Å². The highest BCUT2D eigenvalue weighted by atomic mass is 16.5. The lowest BCUT2D eigenvalue weighted by Crippen LogP contribution is -2.17. The van der Waals surface area contributed by atoms with E-state index in [1.807, 2.05) is 0 Å². The number of hydrogen-bond donors (Lipinski definition) is 0. The molecule has 0 fully saturated rings. The summed E-state index contributed by atoms with van der Waals surface area (Å²) < 4.78 is 5.28. The van der Waals surface area contributed by atoms with Gasteiger partial charge < -0.3 is 9.64 Å². The minimum absolute atomic E-state index is 0.968. The van der Waals surface area contributed by atoms with Gasteiger partial charge in [-0.3, -0.25) is 0 Å². The fraction of sp³-hybridized carbons (Fsp3) is 0.500. The predicted octanol–water partition coefficient (Wildman–Crippen LogP) is 2.77. The third kappa shape index (κ3) is 2.00. The maximum Gasteiger partial charge on any atom is 0.122 e. The largest absolute Gasteiger partial charge is 0.496 e. The van der Waals surface area contributed by atoms with Crippen molar-refractivity contribution in [2.45, 2.75) is 20.8 Å². The first-order valence-corrected chi connectivity index (χ1v) is 4.96. The summed E-state index contributed by atoms with van der Waals surface area (Å²) >= 11 is 0. The van der Waals surface area contributed by atoms with Crippen molar-refractivity contribution in [3.63, 3.8) is 0 Å². The minimum atomic E-state index is 0.968. The molecular formula is C12H19NO. The summed E-state index contributed by atoms with van der Waals surface area (Å²) in [6.45, 7) is 7.36. The monoisotopic (exact) mass is 193 g/mol. The maximum absolute atomic E-state index is 5.28. The number of methoxy groups -OCH3 is 1. The van der Waals surface area contributed by atoms with Gasteiger partial charge in [0.2, 0.25) is 0 Å². The Kier molecular flexibility index (Phi) is 3.39. The van der Waals surface area contributed by atoms with Gasteiger partial charge >= 0.3 is 0 Å². The van der Waals surface area contributed by atoms with Crippen LogP contribution in [0.4, 0.5) is 5.69 Å². The molecule has 0 amide bonds. The van der Waals surface area contributed by atoms with Crippen LogP contribution in [0, 0.1) is 13.8 Å². The number of rotatable bonds is 3. The molecule has 0 radical (unpaired) electrons. The Morgan fingerprint density at radius 3 is 2.36 bits per heavy atom. The first kappa shape index (κ1) is 10.9. The average Bonchev–Trinajstić information content (AvgIpc) is 2.19. The van der Waals surface area contributed by atoms with Crippen LogP contribution in [-0.2, 0) is 0 Å². The third-order valence-corrected chi connectivity index (χ3v) is 2.60. The Labute approximate surface area is 86.5 Å². The van der Waals surface area contributed by atoms with Crippen LogP contribution in [0.15, 0.2) is 12.1 Å². The predicted molar refractivity (Wildman–Crippen MR) is 61.4 cm³/mol. The highest BCUT2D eigenvalue weighted by molar-refractivity contribution is 5.58. The minimum Gasteiger partial charge on any atom is -0.496 e. The molecule has 0 aliphatic rings. The van der Waals surface area contributed by atoms with Gasteiger partial charge in [-0.05, 0) is 44.0 Å². The van der Waals surface area contributed by atoms with Gasteiger partial charge in [-0.1, -0.05) is 0 Å². The van der Waals surface area contributed by atoms with Gasteiger partial charge in [0.05, 0.1) is 7.11 Å². The zero-order valence-electron chi connectivity index (χ0n) is 9.72. The van der Waals surface area contributed by atoms with E-state index < -0.39 is 0 Å². The van der Waals surface area contributed by atoms with E-state index in [0.717, 1.165) is 12.3 Å². The average molecular weight is 193 g/mol. The molecular weight excluding hydrogens is 174 g/mol. The summed E-state index contributed by atoms with van der Waals surface area (Å²) in [6, 6.07) is 4.27. The summed E-state index contributed by atoms with van der Waals surface area (Å²) in [4.78, 5) is 2.24. The van der Waals surface area contributed by atoms with Crippen LogP contribution in [-0.4, -0.2) is 20.7 Å². The number of ether oxygens (including phenoxy) is 1. The smallest absolute Gasteiger partial charge is 0.122 e.